The summed E-state index contributed by atoms with van der Waals surface area (Å²) in [6.45, 7) is 8.81. The van der Waals surface area contributed by atoms with Gasteiger partial charge in [-0.1, -0.05) is 32.9 Å². The van der Waals surface area contributed by atoms with Crippen molar-refractivity contribution in [3.05, 3.63) is 29.3 Å². The molecule has 0 spiro atoms. The van der Waals surface area contributed by atoms with Crippen molar-refractivity contribution in [1.29, 1.82) is 0 Å². The minimum absolute atomic E-state index is 0.0341. The number of hydrogen-bond donors (Lipinski definition) is 1. The molecular weight excluding hydrogens is 224 g/mol. The predicted molar refractivity (Wildman–Crippen MR) is 74.7 cm³/mol. The number of benzene rings is 1. The fraction of sp³-hybridized carbons (Fsp3) is 0.533. The highest BCUT2D eigenvalue weighted by atomic mass is 16.2. The van der Waals surface area contributed by atoms with Crippen molar-refractivity contribution in [2.75, 3.05) is 11.4 Å². The first-order valence-corrected chi connectivity index (χ1v) is 6.47. The highest BCUT2D eigenvalue weighted by Crippen LogP contribution is 2.31. The molecule has 3 nitrogen and oxygen atoms in total. The van der Waals surface area contributed by atoms with E-state index in [9.17, 15) is 4.79 Å². The Kier molecular flexibility index (Phi) is 3.20. The highest BCUT2D eigenvalue weighted by Gasteiger charge is 2.34. The SMILES string of the molecule is Cc1ccc2c(c1)N(C(=O)[C@@H](N)C(C)(C)C)CC2. The molecule has 2 rings (SSSR count). The third-order valence-electron chi connectivity index (χ3n) is 3.60. The van der Waals surface area contributed by atoms with E-state index in [0.717, 1.165) is 18.7 Å². The van der Waals surface area contributed by atoms with Crippen LogP contribution >= 0.6 is 0 Å². The maximum atomic E-state index is 12.5. The molecule has 0 saturated carbocycles. The average molecular weight is 246 g/mol. The van der Waals surface area contributed by atoms with E-state index in [1.807, 2.05) is 32.6 Å². The monoisotopic (exact) mass is 246 g/mol. The van der Waals surface area contributed by atoms with Crippen LogP contribution < -0.4 is 10.6 Å². The fourth-order valence-corrected chi connectivity index (χ4v) is 2.26. The van der Waals surface area contributed by atoms with E-state index in [0.29, 0.717) is 0 Å². The van der Waals surface area contributed by atoms with Crippen molar-refractivity contribution >= 4 is 11.6 Å². The molecule has 0 radical (unpaired) electrons. The number of nitrogens with zero attached hydrogens (tertiary/aromatic N) is 1. The van der Waals surface area contributed by atoms with Gasteiger partial charge in [-0.25, -0.2) is 0 Å². The van der Waals surface area contributed by atoms with E-state index in [1.54, 1.807) is 0 Å². The Labute approximate surface area is 109 Å². The molecule has 3 heteroatoms. The number of amides is 1. The van der Waals surface area contributed by atoms with E-state index in [4.69, 9.17) is 5.73 Å². The van der Waals surface area contributed by atoms with E-state index in [1.165, 1.54) is 11.1 Å². The third-order valence-corrected chi connectivity index (χ3v) is 3.60. The number of carbonyl (C=O) groups is 1. The molecule has 18 heavy (non-hydrogen) atoms. The first-order chi connectivity index (χ1) is 8.30. The summed E-state index contributed by atoms with van der Waals surface area (Å²) >= 11 is 0. The molecule has 1 heterocycles. The smallest absolute Gasteiger partial charge is 0.244 e. The average Bonchev–Trinajstić information content (AvgIpc) is 2.68. The summed E-state index contributed by atoms with van der Waals surface area (Å²) in [6.07, 6.45) is 0.929. The Balaban J connectivity index is 2.28. The maximum absolute atomic E-state index is 12.5. The van der Waals surface area contributed by atoms with Crippen LogP contribution in [0.3, 0.4) is 0 Å². The summed E-state index contributed by atoms with van der Waals surface area (Å²) in [5.74, 6) is 0.0341. The quantitative estimate of drug-likeness (QED) is 0.826. The second kappa shape index (κ2) is 4.39. The van der Waals surface area contributed by atoms with E-state index in [2.05, 4.69) is 18.2 Å². The van der Waals surface area contributed by atoms with Crippen LogP contribution in [0.4, 0.5) is 5.69 Å². The summed E-state index contributed by atoms with van der Waals surface area (Å²) in [5.41, 5.74) is 9.34. The van der Waals surface area contributed by atoms with Gasteiger partial charge in [0.1, 0.15) is 0 Å². The molecule has 0 aromatic heterocycles. The molecule has 0 bridgehead atoms. The lowest BCUT2D eigenvalue weighted by atomic mass is 9.86. The van der Waals surface area contributed by atoms with Gasteiger partial charge in [0.25, 0.3) is 0 Å². The first kappa shape index (κ1) is 13.1. The Bertz CT molecular complexity index is 474. The van der Waals surface area contributed by atoms with Crippen LogP contribution in [0.25, 0.3) is 0 Å². The number of nitrogens with two attached hydrogens (primary N) is 1. The highest BCUT2D eigenvalue weighted by molar-refractivity contribution is 5.99. The molecule has 1 aromatic rings. The molecule has 0 saturated heterocycles. The number of hydrogen-bond acceptors (Lipinski definition) is 2. The van der Waals surface area contributed by atoms with Gasteiger partial charge in [-0.15, -0.1) is 0 Å². The zero-order chi connectivity index (χ0) is 13.5. The summed E-state index contributed by atoms with van der Waals surface area (Å²) in [4.78, 5) is 14.3. The van der Waals surface area contributed by atoms with Crippen LogP contribution in [-0.4, -0.2) is 18.5 Å². The Morgan fingerprint density at radius 3 is 2.67 bits per heavy atom. The molecule has 1 aliphatic rings. The summed E-state index contributed by atoms with van der Waals surface area (Å²) in [5, 5.41) is 0. The fourth-order valence-electron chi connectivity index (χ4n) is 2.26. The Morgan fingerprint density at radius 2 is 2.06 bits per heavy atom. The largest absolute Gasteiger partial charge is 0.319 e. The second-order valence-corrected chi connectivity index (χ2v) is 6.22. The number of carbonyl (C=O) groups excluding carboxylic acids is 1. The normalized spacial score (nSPS) is 16.6. The lowest BCUT2D eigenvalue weighted by Crippen LogP contribution is -2.50. The number of anilines is 1. The second-order valence-electron chi connectivity index (χ2n) is 6.22. The number of fused-ring (bicyclic) bond motifs is 1. The van der Waals surface area contributed by atoms with Gasteiger partial charge in [-0.2, -0.15) is 0 Å². The van der Waals surface area contributed by atoms with Crippen molar-refractivity contribution in [3.63, 3.8) is 0 Å². The van der Waals surface area contributed by atoms with Gasteiger partial charge in [-0.3, -0.25) is 4.79 Å². The van der Waals surface area contributed by atoms with Gasteiger partial charge in [-0.05, 0) is 36.0 Å². The van der Waals surface area contributed by atoms with Crippen LogP contribution in [0, 0.1) is 12.3 Å². The van der Waals surface area contributed by atoms with Crippen LogP contribution in [0.1, 0.15) is 31.9 Å². The van der Waals surface area contributed by atoms with Crippen LogP contribution in [0.15, 0.2) is 18.2 Å². The molecule has 1 atom stereocenters. The van der Waals surface area contributed by atoms with E-state index in [-0.39, 0.29) is 11.3 Å². The molecule has 2 N–H and O–H groups in total. The van der Waals surface area contributed by atoms with Gasteiger partial charge in [0, 0.05) is 12.2 Å². The molecule has 0 aliphatic carbocycles. The van der Waals surface area contributed by atoms with E-state index >= 15 is 0 Å². The molecule has 1 aliphatic heterocycles. The third kappa shape index (κ3) is 2.27. The van der Waals surface area contributed by atoms with Crippen LogP contribution in [0.2, 0.25) is 0 Å². The van der Waals surface area contributed by atoms with Crippen LogP contribution in [0.5, 0.6) is 0 Å². The minimum Gasteiger partial charge on any atom is -0.319 e. The van der Waals surface area contributed by atoms with Crippen molar-refractivity contribution in [2.24, 2.45) is 11.1 Å². The summed E-state index contributed by atoms with van der Waals surface area (Å²) < 4.78 is 0. The van der Waals surface area contributed by atoms with Gasteiger partial charge in [0.15, 0.2) is 0 Å². The molecule has 1 amide bonds. The first-order valence-electron chi connectivity index (χ1n) is 6.47. The molecule has 1 aromatic carbocycles. The zero-order valence-corrected chi connectivity index (χ0v) is 11.7. The van der Waals surface area contributed by atoms with Gasteiger partial charge in [0.2, 0.25) is 5.91 Å². The lowest BCUT2D eigenvalue weighted by molar-refractivity contribution is -0.121. The Morgan fingerprint density at radius 1 is 1.39 bits per heavy atom. The molecular formula is C15H22N2O. The summed E-state index contributed by atoms with van der Waals surface area (Å²) in [7, 11) is 0. The van der Waals surface area contributed by atoms with Crippen molar-refractivity contribution in [2.45, 2.75) is 40.2 Å². The Hall–Kier alpha value is -1.35. The van der Waals surface area contributed by atoms with Crippen LogP contribution in [-0.2, 0) is 11.2 Å². The topological polar surface area (TPSA) is 46.3 Å². The number of rotatable bonds is 1. The number of aryl methyl sites for hydroxylation is 1. The predicted octanol–water partition coefficient (Wildman–Crippen LogP) is 2.26. The standard InChI is InChI=1S/C15H22N2O/c1-10-5-6-11-7-8-17(12(11)9-10)14(18)13(16)15(2,3)4/h5-6,9,13H,7-8,16H2,1-4H3/t13-/m1/s1. The van der Waals surface area contributed by atoms with E-state index < -0.39 is 6.04 Å². The molecule has 0 fully saturated rings. The lowest BCUT2D eigenvalue weighted by Gasteiger charge is -2.30. The van der Waals surface area contributed by atoms with Gasteiger partial charge < -0.3 is 10.6 Å². The maximum Gasteiger partial charge on any atom is 0.244 e. The zero-order valence-electron chi connectivity index (χ0n) is 11.7. The van der Waals surface area contributed by atoms with Gasteiger partial charge in [0.05, 0.1) is 6.04 Å². The van der Waals surface area contributed by atoms with Crippen molar-refractivity contribution in [1.82, 2.24) is 0 Å². The molecule has 98 valence electrons. The van der Waals surface area contributed by atoms with Crippen molar-refractivity contribution < 1.29 is 4.79 Å². The minimum atomic E-state index is -0.455. The molecule has 0 unspecified atom stereocenters. The van der Waals surface area contributed by atoms with Gasteiger partial charge >= 0.3 is 0 Å². The van der Waals surface area contributed by atoms with Crippen molar-refractivity contribution in [3.8, 4) is 0 Å². The summed E-state index contributed by atoms with van der Waals surface area (Å²) in [6, 6.07) is 5.83.